The predicted molar refractivity (Wildman–Crippen MR) is 68.9 cm³/mol. The maximum atomic E-state index is 10.7. The first-order chi connectivity index (χ1) is 7.27. The minimum atomic E-state index is -0.978. The highest BCUT2D eigenvalue weighted by Crippen LogP contribution is 2.17. The third kappa shape index (κ3) is 3.69. The van der Waals surface area contributed by atoms with E-state index in [0.29, 0.717) is 0 Å². The third-order valence-corrected chi connectivity index (χ3v) is 1.98. The van der Waals surface area contributed by atoms with Crippen LogP contribution in [-0.2, 0) is 0 Å². The van der Waals surface area contributed by atoms with Crippen molar-refractivity contribution in [3.8, 4) is 11.1 Å². The van der Waals surface area contributed by atoms with E-state index in [9.17, 15) is 4.79 Å². The van der Waals surface area contributed by atoms with Gasteiger partial charge in [-0.25, -0.2) is 4.79 Å². The minimum Gasteiger partial charge on any atom is -0.478 e. The van der Waals surface area contributed by atoms with Gasteiger partial charge in [0.1, 0.15) is 0 Å². The Morgan fingerprint density at radius 3 is 2.35 bits per heavy atom. The molecule has 2 heterocycles. The normalized spacial score (nSPS) is 8.71. The van der Waals surface area contributed by atoms with Crippen LogP contribution in [0.1, 0.15) is 10.4 Å². The quantitative estimate of drug-likeness (QED) is 0.913. The van der Waals surface area contributed by atoms with Gasteiger partial charge in [-0.2, -0.15) is 0 Å². The zero-order valence-electron chi connectivity index (χ0n) is 8.61. The Kier molecular flexibility index (Phi) is 6.17. The Balaban J connectivity index is 0.00000128. The van der Waals surface area contributed by atoms with E-state index in [2.05, 4.69) is 9.97 Å². The Hall–Kier alpha value is -1.65. The summed E-state index contributed by atoms with van der Waals surface area (Å²) in [4.78, 5) is 18.6. The van der Waals surface area contributed by atoms with E-state index in [1.165, 1.54) is 6.20 Å². The number of hydrogen-bond acceptors (Lipinski definition) is 3. The number of nitrogens with zero attached hydrogens (tertiary/aromatic N) is 2. The van der Waals surface area contributed by atoms with E-state index in [-0.39, 0.29) is 30.4 Å². The summed E-state index contributed by atoms with van der Waals surface area (Å²) >= 11 is 0. The zero-order valence-corrected chi connectivity index (χ0v) is 10.2. The van der Waals surface area contributed by atoms with Gasteiger partial charge in [-0.1, -0.05) is 6.07 Å². The van der Waals surface area contributed by atoms with Gasteiger partial charge in [0, 0.05) is 35.9 Å². The molecule has 2 aromatic rings. The summed E-state index contributed by atoms with van der Waals surface area (Å²) in [6, 6.07) is 5.23. The topological polar surface area (TPSA) is 63.1 Å². The Morgan fingerprint density at radius 1 is 1.06 bits per heavy atom. The summed E-state index contributed by atoms with van der Waals surface area (Å²) in [6.07, 6.45) is 6.27. The number of carbonyl (C=O) groups is 1. The average molecular weight is 273 g/mol. The number of carboxylic acid groups (broad SMARTS) is 1. The molecule has 4 nitrogen and oxygen atoms in total. The van der Waals surface area contributed by atoms with Gasteiger partial charge in [-0.05, 0) is 12.1 Å². The van der Waals surface area contributed by atoms with Crippen molar-refractivity contribution >= 4 is 30.8 Å². The molecule has 0 atom stereocenters. The van der Waals surface area contributed by atoms with Crippen LogP contribution in [0.5, 0.6) is 0 Å². The first-order valence-electron chi connectivity index (χ1n) is 4.36. The molecule has 2 aromatic heterocycles. The molecule has 0 aliphatic carbocycles. The Bertz CT molecular complexity index is 492. The van der Waals surface area contributed by atoms with Crippen molar-refractivity contribution < 1.29 is 9.90 Å². The predicted octanol–water partition coefficient (Wildman–Crippen LogP) is 2.69. The van der Waals surface area contributed by atoms with Crippen LogP contribution in [0.4, 0.5) is 0 Å². The van der Waals surface area contributed by atoms with Gasteiger partial charge in [-0.15, -0.1) is 24.8 Å². The summed E-state index contributed by atoms with van der Waals surface area (Å²) in [6.45, 7) is 0. The summed E-state index contributed by atoms with van der Waals surface area (Å²) in [5.74, 6) is -0.978. The number of carboxylic acids is 1. The standard InChI is InChI=1S/C11H8N2O2.2ClH/c14-11(15)10-4-9(6-13-7-10)8-2-1-3-12-5-8;;/h1-7H,(H,14,15);2*1H. The molecule has 0 amide bonds. The second kappa shape index (κ2) is 6.83. The molecule has 0 saturated heterocycles. The van der Waals surface area contributed by atoms with Gasteiger partial charge in [0.25, 0.3) is 0 Å². The van der Waals surface area contributed by atoms with Gasteiger partial charge >= 0.3 is 5.97 Å². The molecule has 1 N–H and O–H groups in total. The van der Waals surface area contributed by atoms with E-state index in [0.717, 1.165) is 11.1 Å². The van der Waals surface area contributed by atoms with Crippen molar-refractivity contribution in [1.29, 1.82) is 0 Å². The van der Waals surface area contributed by atoms with Crippen molar-refractivity contribution in [2.24, 2.45) is 0 Å². The summed E-state index contributed by atoms with van der Waals surface area (Å²) in [5, 5.41) is 8.80. The van der Waals surface area contributed by atoms with Gasteiger partial charge in [0.2, 0.25) is 0 Å². The number of aromatic carboxylic acids is 1. The highest BCUT2D eigenvalue weighted by Gasteiger charge is 2.05. The fourth-order valence-corrected chi connectivity index (χ4v) is 1.25. The molecular formula is C11H10Cl2N2O2. The molecule has 90 valence electrons. The Labute approximate surface area is 111 Å². The molecular weight excluding hydrogens is 263 g/mol. The first-order valence-corrected chi connectivity index (χ1v) is 4.36. The minimum absolute atomic E-state index is 0. The lowest BCUT2D eigenvalue weighted by atomic mass is 10.1. The maximum Gasteiger partial charge on any atom is 0.337 e. The number of aromatic nitrogens is 2. The van der Waals surface area contributed by atoms with Crippen LogP contribution in [-0.4, -0.2) is 21.0 Å². The fourth-order valence-electron chi connectivity index (χ4n) is 1.25. The van der Waals surface area contributed by atoms with Crippen molar-refractivity contribution in [2.75, 3.05) is 0 Å². The van der Waals surface area contributed by atoms with E-state index < -0.39 is 5.97 Å². The number of rotatable bonds is 2. The van der Waals surface area contributed by atoms with E-state index >= 15 is 0 Å². The van der Waals surface area contributed by atoms with Crippen molar-refractivity contribution in [1.82, 2.24) is 9.97 Å². The molecule has 0 aliphatic heterocycles. The molecule has 17 heavy (non-hydrogen) atoms. The van der Waals surface area contributed by atoms with Crippen LogP contribution in [0.25, 0.3) is 11.1 Å². The molecule has 0 aromatic carbocycles. The second-order valence-corrected chi connectivity index (χ2v) is 3.01. The highest BCUT2D eigenvalue weighted by atomic mass is 35.5. The van der Waals surface area contributed by atoms with Crippen LogP contribution < -0.4 is 0 Å². The van der Waals surface area contributed by atoms with Gasteiger partial charge in [0.05, 0.1) is 5.56 Å². The van der Waals surface area contributed by atoms with Crippen molar-refractivity contribution in [3.63, 3.8) is 0 Å². The fraction of sp³-hybridized carbons (Fsp3) is 0. The molecule has 6 heteroatoms. The summed E-state index contributed by atoms with van der Waals surface area (Å²) in [5.41, 5.74) is 1.78. The van der Waals surface area contributed by atoms with E-state index in [1.54, 1.807) is 30.7 Å². The van der Waals surface area contributed by atoms with Crippen molar-refractivity contribution in [3.05, 3.63) is 48.5 Å². The Morgan fingerprint density at radius 2 is 1.76 bits per heavy atom. The third-order valence-electron chi connectivity index (χ3n) is 1.98. The summed E-state index contributed by atoms with van der Waals surface area (Å²) in [7, 11) is 0. The van der Waals surface area contributed by atoms with Crippen LogP contribution in [0.15, 0.2) is 43.0 Å². The van der Waals surface area contributed by atoms with E-state index in [4.69, 9.17) is 5.11 Å². The van der Waals surface area contributed by atoms with Crippen LogP contribution in [0.2, 0.25) is 0 Å². The molecule has 0 radical (unpaired) electrons. The molecule has 0 fully saturated rings. The monoisotopic (exact) mass is 272 g/mol. The summed E-state index contributed by atoms with van der Waals surface area (Å²) < 4.78 is 0. The maximum absolute atomic E-state index is 10.7. The van der Waals surface area contributed by atoms with Gasteiger partial charge in [0.15, 0.2) is 0 Å². The molecule has 0 unspecified atom stereocenters. The first kappa shape index (κ1) is 15.3. The zero-order chi connectivity index (χ0) is 10.7. The lowest BCUT2D eigenvalue weighted by Crippen LogP contribution is -1.97. The SMILES string of the molecule is Cl.Cl.O=C(O)c1cncc(-c2cccnc2)c1. The number of hydrogen-bond donors (Lipinski definition) is 1. The molecule has 0 saturated carbocycles. The number of pyridine rings is 2. The van der Waals surface area contributed by atoms with Gasteiger partial charge in [-0.3, -0.25) is 9.97 Å². The van der Waals surface area contributed by atoms with E-state index in [1.807, 2.05) is 6.07 Å². The molecule has 0 bridgehead atoms. The number of halogens is 2. The second-order valence-electron chi connectivity index (χ2n) is 3.01. The van der Waals surface area contributed by atoms with Crippen LogP contribution in [0, 0.1) is 0 Å². The molecule has 0 aliphatic rings. The lowest BCUT2D eigenvalue weighted by Gasteiger charge is -2.00. The van der Waals surface area contributed by atoms with Crippen LogP contribution >= 0.6 is 24.8 Å². The lowest BCUT2D eigenvalue weighted by molar-refractivity contribution is 0.0696. The largest absolute Gasteiger partial charge is 0.478 e. The van der Waals surface area contributed by atoms with Gasteiger partial charge < -0.3 is 5.11 Å². The molecule has 2 rings (SSSR count). The molecule has 0 spiro atoms. The smallest absolute Gasteiger partial charge is 0.337 e. The van der Waals surface area contributed by atoms with Crippen LogP contribution in [0.3, 0.4) is 0 Å². The highest BCUT2D eigenvalue weighted by molar-refractivity contribution is 5.88. The van der Waals surface area contributed by atoms with Crippen molar-refractivity contribution in [2.45, 2.75) is 0 Å². The average Bonchev–Trinajstić information content (AvgIpc) is 2.30.